The first-order chi connectivity index (χ1) is 24.8. The summed E-state index contributed by atoms with van der Waals surface area (Å²) in [5, 5.41) is 11.2. The number of nitrogens with two attached hydrogens (primary N) is 1. The van der Waals surface area contributed by atoms with Crippen LogP contribution >= 0.6 is 0 Å². The van der Waals surface area contributed by atoms with Crippen LogP contribution < -0.4 is 20.5 Å². The zero-order chi connectivity index (χ0) is 35.2. The van der Waals surface area contributed by atoms with E-state index in [2.05, 4.69) is 35.5 Å². The molecule has 0 aliphatic rings. The smallest absolute Gasteiger partial charge is 0.255 e. The third-order valence-corrected chi connectivity index (χ3v) is 7.57. The van der Waals surface area contributed by atoms with Gasteiger partial charge in [0.1, 0.15) is 23.0 Å². The van der Waals surface area contributed by atoms with Gasteiger partial charge >= 0.3 is 0 Å². The molecular weight excluding hydrogens is 644 g/mol. The molecule has 3 aromatic carbocycles. The van der Waals surface area contributed by atoms with Crippen LogP contribution in [0.5, 0.6) is 23.0 Å². The van der Waals surface area contributed by atoms with Crippen molar-refractivity contribution in [1.82, 2.24) is 39.5 Å². The van der Waals surface area contributed by atoms with E-state index in [0.717, 1.165) is 33.5 Å². The Hall–Kier alpha value is -7.28. The zero-order valence-electron chi connectivity index (χ0n) is 27.6. The van der Waals surface area contributed by atoms with E-state index in [1.165, 1.54) is 0 Å². The van der Waals surface area contributed by atoms with Crippen molar-refractivity contribution < 1.29 is 14.3 Å². The number of imidazole rings is 1. The third-order valence-electron chi connectivity index (χ3n) is 7.57. The fourth-order valence-corrected chi connectivity index (χ4v) is 5.14. The Morgan fingerprint density at radius 1 is 0.706 bits per heavy atom. The quantitative estimate of drug-likeness (QED) is 0.141. The fourth-order valence-electron chi connectivity index (χ4n) is 5.14. The van der Waals surface area contributed by atoms with E-state index < -0.39 is 0 Å². The molecule has 0 spiro atoms. The van der Waals surface area contributed by atoms with E-state index in [0.29, 0.717) is 39.9 Å². The number of aryl methyl sites for hydroxylation is 2. The molecule has 0 atom stereocenters. The standard InChI is InChI=1S/C23H18N6O2.C15H14N4O/c1-29-13-16(12-27-29)21-11-19(7-8-24-21)31-18-4-2-3-17(10-18)28-23(30)15-5-6-20-22(9-15)26-14-25-20;1-19-10-11(9-18-19)15-8-14(5-6-17-15)20-13-4-2-3-12(16)7-13/h2-14H,1H3,(H,25,26)(H,28,30);2-10H,16H2,1H3. The monoisotopic (exact) mass is 676 g/mol. The number of ether oxygens (including phenoxy) is 2. The van der Waals surface area contributed by atoms with Crippen molar-refractivity contribution in [2.45, 2.75) is 0 Å². The van der Waals surface area contributed by atoms with Crippen molar-refractivity contribution in [3.8, 4) is 45.5 Å². The van der Waals surface area contributed by atoms with E-state index in [9.17, 15) is 4.79 Å². The molecule has 4 N–H and O–H groups in total. The largest absolute Gasteiger partial charge is 0.457 e. The summed E-state index contributed by atoms with van der Waals surface area (Å²) in [6, 6.07) is 27.2. The van der Waals surface area contributed by atoms with E-state index >= 15 is 0 Å². The normalized spacial score (nSPS) is 10.7. The molecule has 5 aromatic heterocycles. The Labute approximate surface area is 292 Å². The maximum Gasteiger partial charge on any atom is 0.255 e. The molecule has 0 unspecified atom stereocenters. The van der Waals surface area contributed by atoms with Gasteiger partial charge in [-0.25, -0.2) is 4.98 Å². The van der Waals surface area contributed by atoms with Crippen LogP contribution in [0.4, 0.5) is 11.4 Å². The SMILES string of the molecule is Cn1cc(-c2cc(Oc3cccc(N)c3)ccn2)cn1.Cn1cc(-c2cc(Oc3cccc(NC(=O)c4ccc5nc[nH]c5c4)c3)ccn2)cn1. The Morgan fingerprint density at radius 3 is 1.92 bits per heavy atom. The zero-order valence-corrected chi connectivity index (χ0v) is 27.6. The highest BCUT2D eigenvalue weighted by Crippen LogP contribution is 2.28. The highest BCUT2D eigenvalue weighted by atomic mass is 16.5. The molecule has 0 radical (unpaired) electrons. The molecule has 8 rings (SSSR count). The van der Waals surface area contributed by atoms with Crippen LogP contribution in [0.15, 0.2) is 135 Å². The van der Waals surface area contributed by atoms with Crippen LogP contribution in [0.25, 0.3) is 33.5 Å². The third kappa shape index (κ3) is 8.06. The molecule has 252 valence electrons. The van der Waals surface area contributed by atoms with Gasteiger partial charge in [-0.2, -0.15) is 10.2 Å². The summed E-state index contributed by atoms with van der Waals surface area (Å²) in [5.41, 5.74) is 12.6. The number of nitrogens with zero attached hydrogens (tertiary/aromatic N) is 7. The first kappa shape index (κ1) is 32.3. The van der Waals surface area contributed by atoms with E-state index in [-0.39, 0.29) is 5.91 Å². The molecule has 0 saturated carbocycles. The van der Waals surface area contributed by atoms with Crippen molar-refractivity contribution >= 4 is 28.3 Å². The van der Waals surface area contributed by atoms with Gasteiger partial charge in [-0.3, -0.25) is 24.1 Å². The Balaban J connectivity index is 0.000000175. The van der Waals surface area contributed by atoms with Gasteiger partial charge in [0.2, 0.25) is 0 Å². The van der Waals surface area contributed by atoms with Crippen LogP contribution in [0, 0.1) is 0 Å². The van der Waals surface area contributed by atoms with E-state index in [4.69, 9.17) is 15.2 Å². The second-order valence-electron chi connectivity index (χ2n) is 11.5. The van der Waals surface area contributed by atoms with Gasteiger partial charge in [0, 0.05) is 91.2 Å². The number of fused-ring (bicyclic) bond motifs is 1. The van der Waals surface area contributed by atoms with Gasteiger partial charge in [0.05, 0.1) is 41.1 Å². The number of pyridine rings is 2. The minimum Gasteiger partial charge on any atom is -0.457 e. The predicted molar refractivity (Wildman–Crippen MR) is 194 cm³/mol. The van der Waals surface area contributed by atoms with Crippen molar-refractivity contribution in [2.24, 2.45) is 14.1 Å². The Bertz CT molecular complexity index is 2450. The first-order valence-corrected chi connectivity index (χ1v) is 15.8. The molecule has 1 amide bonds. The molecule has 0 bridgehead atoms. The highest BCUT2D eigenvalue weighted by Gasteiger charge is 2.10. The molecular formula is C38H32N10O3. The topological polar surface area (TPSA) is 164 Å². The first-order valence-electron chi connectivity index (χ1n) is 15.8. The number of nitrogen functional groups attached to an aromatic ring is 1. The van der Waals surface area contributed by atoms with E-state index in [1.807, 2.05) is 87.2 Å². The molecule has 13 heteroatoms. The average Bonchev–Trinajstić information content (AvgIpc) is 3.90. The minimum absolute atomic E-state index is 0.212. The number of aromatic amines is 1. The summed E-state index contributed by atoms with van der Waals surface area (Å²) in [5.74, 6) is 2.45. The van der Waals surface area contributed by atoms with Gasteiger partial charge in [-0.15, -0.1) is 0 Å². The molecule has 0 fully saturated rings. The predicted octanol–water partition coefficient (Wildman–Crippen LogP) is 7.26. The number of hydrogen-bond donors (Lipinski definition) is 3. The number of carbonyl (C=O) groups excluding carboxylic acids is 1. The molecule has 0 saturated heterocycles. The van der Waals surface area contributed by atoms with Gasteiger partial charge in [-0.05, 0) is 54.6 Å². The van der Waals surface area contributed by atoms with E-state index in [1.54, 1.807) is 70.8 Å². The molecule has 8 aromatic rings. The minimum atomic E-state index is -0.212. The van der Waals surface area contributed by atoms with Gasteiger partial charge < -0.3 is 25.5 Å². The number of nitrogens with one attached hydrogen (secondary N) is 2. The number of H-pyrrole nitrogens is 1. The number of amides is 1. The van der Waals surface area contributed by atoms with Crippen LogP contribution in [0.1, 0.15) is 10.4 Å². The Morgan fingerprint density at radius 2 is 1.31 bits per heavy atom. The van der Waals surface area contributed by atoms with Crippen molar-refractivity contribution in [2.75, 3.05) is 11.1 Å². The van der Waals surface area contributed by atoms with Crippen molar-refractivity contribution in [3.05, 3.63) is 140 Å². The van der Waals surface area contributed by atoms with Crippen LogP contribution in [-0.4, -0.2) is 45.4 Å². The summed E-state index contributed by atoms with van der Waals surface area (Å²) in [4.78, 5) is 28.5. The van der Waals surface area contributed by atoms with Crippen molar-refractivity contribution in [1.29, 1.82) is 0 Å². The molecule has 0 aliphatic carbocycles. The van der Waals surface area contributed by atoms with Gasteiger partial charge in [0.25, 0.3) is 5.91 Å². The summed E-state index contributed by atoms with van der Waals surface area (Å²) < 4.78 is 15.2. The molecule has 5 heterocycles. The summed E-state index contributed by atoms with van der Waals surface area (Å²) in [6.45, 7) is 0. The second kappa shape index (κ2) is 14.5. The maximum atomic E-state index is 12.7. The van der Waals surface area contributed by atoms with Crippen LogP contribution in [-0.2, 0) is 14.1 Å². The average molecular weight is 677 g/mol. The number of carbonyl (C=O) groups is 1. The molecule has 13 nitrogen and oxygen atoms in total. The number of benzene rings is 3. The van der Waals surface area contributed by atoms with Gasteiger partial charge in [0.15, 0.2) is 0 Å². The summed E-state index contributed by atoms with van der Waals surface area (Å²) in [6.07, 6.45) is 12.3. The number of anilines is 2. The van der Waals surface area contributed by atoms with Gasteiger partial charge in [-0.1, -0.05) is 12.1 Å². The lowest BCUT2D eigenvalue weighted by Crippen LogP contribution is -2.11. The van der Waals surface area contributed by atoms with Crippen LogP contribution in [0.3, 0.4) is 0 Å². The summed E-state index contributed by atoms with van der Waals surface area (Å²) >= 11 is 0. The lowest BCUT2D eigenvalue weighted by Gasteiger charge is -2.10. The fraction of sp³-hybridized carbons (Fsp3) is 0.0526. The summed E-state index contributed by atoms with van der Waals surface area (Å²) in [7, 11) is 3.73. The highest BCUT2D eigenvalue weighted by molar-refractivity contribution is 6.06. The lowest BCUT2D eigenvalue weighted by molar-refractivity contribution is 0.102. The van der Waals surface area contributed by atoms with Crippen molar-refractivity contribution in [3.63, 3.8) is 0 Å². The number of aromatic nitrogens is 8. The lowest BCUT2D eigenvalue weighted by atomic mass is 10.2. The Kier molecular flexibility index (Phi) is 9.15. The second-order valence-corrected chi connectivity index (χ2v) is 11.5. The molecule has 51 heavy (non-hydrogen) atoms. The van der Waals surface area contributed by atoms with Crippen LogP contribution in [0.2, 0.25) is 0 Å². The number of hydrogen-bond acceptors (Lipinski definition) is 9. The maximum absolute atomic E-state index is 12.7. The molecule has 0 aliphatic heterocycles. The number of rotatable bonds is 8.